The maximum absolute atomic E-state index is 9.15. The van der Waals surface area contributed by atoms with Crippen LogP contribution < -0.4 is 0 Å². The van der Waals surface area contributed by atoms with Crippen molar-refractivity contribution in [3.63, 3.8) is 0 Å². The molecule has 3 nitrogen and oxygen atoms in total. The summed E-state index contributed by atoms with van der Waals surface area (Å²) in [7, 11) is 4.18. The maximum Gasteiger partial charge on any atom is 0.119 e. The lowest BCUT2D eigenvalue weighted by Gasteiger charge is -2.31. The summed E-state index contributed by atoms with van der Waals surface area (Å²) >= 11 is 3.51. The zero-order valence-electron chi connectivity index (χ0n) is 14.1. The summed E-state index contributed by atoms with van der Waals surface area (Å²) in [5, 5.41) is 9.15. The van der Waals surface area contributed by atoms with E-state index >= 15 is 0 Å². The van der Waals surface area contributed by atoms with Gasteiger partial charge in [0, 0.05) is 4.47 Å². The van der Waals surface area contributed by atoms with Gasteiger partial charge in [-0.2, -0.15) is 5.26 Å². The first-order valence-electron chi connectivity index (χ1n) is 8.13. The molecule has 4 heteroatoms. The third kappa shape index (κ3) is 3.25. The average molecular weight is 385 g/mol. The molecule has 0 amide bonds. The Labute approximate surface area is 152 Å². The first-order chi connectivity index (χ1) is 11.5. The normalized spacial score (nSPS) is 19.3. The SMILES string of the molecule is CN(C)CCC[C@@]1(c2ccc(Br)cc2)OCc2cc(C#N)ccc21. The Bertz CT molecular complexity index is 764. The second kappa shape index (κ2) is 7.06. The number of rotatable bonds is 5. The fourth-order valence-corrected chi connectivity index (χ4v) is 3.67. The molecule has 0 N–H and O–H groups in total. The van der Waals surface area contributed by atoms with E-state index in [0.29, 0.717) is 12.2 Å². The molecule has 1 heterocycles. The van der Waals surface area contributed by atoms with Gasteiger partial charge >= 0.3 is 0 Å². The highest BCUT2D eigenvalue weighted by atomic mass is 79.9. The van der Waals surface area contributed by atoms with Crippen molar-refractivity contribution < 1.29 is 4.74 Å². The van der Waals surface area contributed by atoms with Crippen LogP contribution in [0.5, 0.6) is 0 Å². The lowest BCUT2D eigenvalue weighted by molar-refractivity contribution is -0.0139. The van der Waals surface area contributed by atoms with Crippen LogP contribution in [0.25, 0.3) is 0 Å². The van der Waals surface area contributed by atoms with Gasteiger partial charge < -0.3 is 9.64 Å². The molecule has 24 heavy (non-hydrogen) atoms. The van der Waals surface area contributed by atoms with Crippen molar-refractivity contribution in [2.45, 2.75) is 25.0 Å². The van der Waals surface area contributed by atoms with E-state index in [9.17, 15) is 0 Å². The third-order valence-electron chi connectivity index (χ3n) is 4.59. The Balaban J connectivity index is 2.02. The molecule has 124 valence electrons. The molecule has 3 rings (SSSR count). The standard InChI is InChI=1S/C20H21BrN2O/c1-23(2)11-3-10-20(17-5-7-18(21)8-6-17)19-9-4-15(13-22)12-16(19)14-24-20/h4-9,12H,3,10-11,14H2,1-2H3/t20-/m0/s1. The molecule has 0 aliphatic carbocycles. The molecule has 0 bridgehead atoms. The van der Waals surface area contributed by atoms with Crippen LogP contribution in [-0.4, -0.2) is 25.5 Å². The molecule has 2 aromatic carbocycles. The van der Waals surface area contributed by atoms with E-state index in [4.69, 9.17) is 10.00 Å². The van der Waals surface area contributed by atoms with Crippen molar-refractivity contribution in [3.8, 4) is 6.07 Å². The number of hydrogen-bond donors (Lipinski definition) is 0. The summed E-state index contributed by atoms with van der Waals surface area (Å²) in [6.45, 7) is 1.58. The predicted molar refractivity (Wildman–Crippen MR) is 98.7 cm³/mol. The van der Waals surface area contributed by atoms with E-state index in [1.807, 2.05) is 12.1 Å². The van der Waals surface area contributed by atoms with E-state index in [0.717, 1.165) is 29.4 Å². The summed E-state index contributed by atoms with van der Waals surface area (Å²) in [6, 6.07) is 16.5. The number of benzene rings is 2. The van der Waals surface area contributed by atoms with Gasteiger partial charge in [0.25, 0.3) is 0 Å². The topological polar surface area (TPSA) is 36.3 Å². The number of nitriles is 1. The highest BCUT2D eigenvalue weighted by molar-refractivity contribution is 9.10. The molecule has 1 atom stereocenters. The quantitative estimate of drug-likeness (QED) is 0.764. The molecule has 1 aliphatic heterocycles. The van der Waals surface area contributed by atoms with E-state index < -0.39 is 5.60 Å². The summed E-state index contributed by atoms with van der Waals surface area (Å²) in [5.41, 5.74) is 3.77. The molecule has 2 aromatic rings. The number of hydrogen-bond acceptors (Lipinski definition) is 3. The van der Waals surface area contributed by atoms with Crippen molar-refractivity contribution in [3.05, 3.63) is 69.2 Å². The lowest BCUT2D eigenvalue weighted by atomic mass is 9.81. The minimum atomic E-state index is -0.417. The molecule has 0 radical (unpaired) electrons. The predicted octanol–water partition coefficient (Wildman–Crippen LogP) is 4.44. The van der Waals surface area contributed by atoms with Gasteiger partial charge in [0.15, 0.2) is 0 Å². The Morgan fingerprint density at radius 1 is 1.21 bits per heavy atom. The van der Waals surface area contributed by atoms with Gasteiger partial charge in [-0.15, -0.1) is 0 Å². The average Bonchev–Trinajstić information content (AvgIpc) is 2.94. The number of nitrogens with zero attached hydrogens (tertiary/aromatic N) is 2. The minimum Gasteiger partial charge on any atom is -0.361 e. The fraction of sp³-hybridized carbons (Fsp3) is 0.350. The van der Waals surface area contributed by atoms with Gasteiger partial charge in [-0.05, 0) is 74.4 Å². The van der Waals surface area contributed by atoms with Crippen molar-refractivity contribution in [1.29, 1.82) is 5.26 Å². The van der Waals surface area contributed by atoms with Crippen LogP contribution in [0, 0.1) is 11.3 Å². The van der Waals surface area contributed by atoms with E-state index in [1.54, 1.807) is 0 Å². The number of halogens is 1. The van der Waals surface area contributed by atoms with Gasteiger partial charge in [-0.3, -0.25) is 0 Å². The second-order valence-corrected chi connectivity index (χ2v) is 7.43. The maximum atomic E-state index is 9.15. The van der Waals surface area contributed by atoms with Crippen molar-refractivity contribution >= 4 is 15.9 Å². The van der Waals surface area contributed by atoms with Crippen LogP contribution in [0.1, 0.15) is 35.1 Å². The minimum absolute atomic E-state index is 0.417. The Morgan fingerprint density at radius 3 is 2.62 bits per heavy atom. The van der Waals surface area contributed by atoms with Gasteiger partial charge in [-0.25, -0.2) is 0 Å². The molecule has 0 saturated carbocycles. The zero-order valence-corrected chi connectivity index (χ0v) is 15.6. The molecular formula is C20H21BrN2O. The summed E-state index contributed by atoms with van der Waals surface area (Å²) in [5.74, 6) is 0. The molecule has 0 spiro atoms. The lowest BCUT2D eigenvalue weighted by Crippen LogP contribution is -2.28. The first kappa shape index (κ1) is 17.2. The summed E-state index contributed by atoms with van der Waals surface area (Å²) in [6.07, 6.45) is 1.97. The largest absolute Gasteiger partial charge is 0.361 e. The molecule has 0 unspecified atom stereocenters. The zero-order chi connectivity index (χ0) is 17.2. The van der Waals surface area contributed by atoms with E-state index in [1.165, 1.54) is 11.1 Å². The van der Waals surface area contributed by atoms with Gasteiger partial charge in [0.2, 0.25) is 0 Å². The van der Waals surface area contributed by atoms with Crippen LogP contribution in [0.3, 0.4) is 0 Å². The van der Waals surface area contributed by atoms with Crippen molar-refractivity contribution in [1.82, 2.24) is 4.90 Å². The van der Waals surface area contributed by atoms with Crippen molar-refractivity contribution in [2.24, 2.45) is 0 Å². The highest BCUT2D eigenvalue weighted by Crippen LogP contribution is 2.45. The molecule has 1 aliphatic rings. The van der Waals surface area contributed by atoms with Crippen LogP contribution in [0.15, 0.2) is 46.9 Å². The molecule has 0 aromatic heterocycles. The molecular weight excluding hydrogens is 364 g/mol. The Kier molecular flexibility index (Phi) is 5.05. The van der Waals surface area contributed by atoms with Gasteiger partial charge in [-0.1, -0.05) is 34.1 Å². The van der Waals surface area contributed by atoms with E-state index in [2.05, 4.69) is 71.3 Å². The van der Waals surface area contributed by atoms with E-state index in [-0.39, 0.29) is 0 Å². The smallest absolute Gasteiger partial charge is 0.119 e. The van der Waals surface area contributed by atoms with Crippen LogP contribution in [-0.2, 0) is 16.9 Å². The molecule has 0 saturated heterocycles. The monoisotopic (exact) mass is 384 g/mol. The second-order valence-electron chi connectivity index (χ2n) is 6.51. The number of fused-ring (bicyclic) bond motifs is 1. The number of ether oxygens (including phenoxy) is 1. The van der Waals surface area contributed by atoms with Gasteiger partial charge in [0.05, 0.1) is 18.2 Å². The summed E-state index contributed by atoms with van der Waals surface area (Å²) in [4.78, 5) is 2.20. The highest BCUT2D eigenvalue weighted by Gasteiger charge is 2.41. The molecule has 0 fully saturated rings. The first-order valence-corrected chi connectivity index (χ1v) is 8.93. The Hall–Kier alpha value is -1.67. The third-order valence-corrected chi connectivity index (χ3v) is 5.12. The van der Waals surface area contributed by atoms with Crippen LogP contribution in [0.2, 0.25) is 0 Å². The van der Waals surface area contributed by atoms with Crippen LogP contribution >= 0.6 is 15.9 Å². The summed E-state index contributed by atoms with van der Waals surface area (Å²) < 4.78 is 7.44. The van der Waals surface area contributed by atoms with Crippen molar-refractivity contribution in [2.75, 3.05) is 20.6 Å². The van der Waals surface area contributed by atoms with Crippen LogP contribution in [0.4, 0.5) is 0 Å². The fourth-order valence-electron chi connectivity index (χ4n) is 3.41. The Morgan fingerprint density at radius 2 is 1.96 bits per heavy atom. The van der Waals surface area contributed by atoms with Gasteiger partial charge in [0.1, 0.15) is 5.60 Å².